The lowest BCUT2D eigenvalue weighted by molar-refractivity contribution is -0.186. The molecular formula is C14H14F4N2O2. The molecule has 0 aliphatic carbocycles. The van der Waals surface area contributed by atoms with Crippen LogP contribution in [0, 0.1) is 11.7 Å². The Morgan fingerprint density at radius 1 is 1.18 bits per heavy atom. The molecule has 1 aliphatic heterocycles. The van der Waals surface area contributed by atoms with Gasteiger partial charge in [-0.25, -0.2) is 4.39 Å². The lowest BCUT2D eigenvalue weighted by atomic mass is 9.95. The summed E-state index contributed by atoms with van der Waals surface area (Å²) in [5.74, 6) is -3.26. The summed E-state index contributed by atoms with van der Waals surface area (Å²) in [5.41, 5.74) is 0.291. The molecule has 22 heavy (non-hydrogen) atoms. The van der Waals surface area contributed by atoms with Crippen LogP contribution >= 0.6 is 0 Å². The van der Waals surface area contributed by atoms with Crippen LogP contribution in [0.25, 0.3) is 0 Å². The lowest BCUT2D eigenvalue weighted by Gasteiger charge is -2.31. The van der Waals surface area contributed by atoms with E-state index in [2.05, 4.69) is 5.32 Å². The van der Waals surface area contributed by atoms with Gasteiger partial charge in [0.05, 0.1) is 0 Å². The van der Waals surface area contributed by atoms with Gasteiger partial charge in [-0.3, -0.25) is 9.59 Å². The molecule has 1 aromatic rings. The first-order valence-corrected chi connectivity index (χ1v) is 6.70. The fourth-order valence-corrected chi connectivity index (χ4v) is 2.33. The van der Waals surface area contributed by atoms with Gasteiger partial charge in [-0.15, -0.1) is 0 Å². The number of nitrogens with zero attached hydrogens (tertiary/aromatic N) is 1. The van der Waals surface area contributed by atoms with Gasteiger partial charge in [0.1, 0.15) is 5.82 Å². The van der Waals surface area contributed by atoms with Gasteiger partial charge in [-0.2, -0.15) is 13.2 Å². The number of amides is 2. The Bertz CT molecular complexity index is 566. The molecule has 1 fully saturated rings. The van der Waals surface area contributed by atoms with E-state index in [4.69, 9.17) is 0 Å². The van der Waals surface area contributed by atoms with Gasteiger partial charge in [0, 0.05) is 24.7 Å². The van der Waals surface area contributed by atoms with Crippen molar-refractivity contribution in [2.75, 3.05) is 18.4 Å². The summed E-state index contributed by atoms with van der Waals surface area (Å²) in [6.45, 7) is -0.251. The highest BCUT2D eigenvalue weighted by Gasteiger charge is 2.43. The Morgan fingerprint density at radius 3 is 2.36 bits per heavy atom. The highest BCUT2D eigenvalue weighted by atomic mass is 19.4. The fraction of sp³-hybridized carbons (Fsp3) is 0.429. The molecule has 0 spiro atoms. The van der Waals surface area contributed by atoms with Gasteiger partial charge in [-0.05, 0) is 31.0 Å². The monoisotopic (exact) mass is 318 g/mol. The summed E-state index contributed by atoms with van der Waals surface area (Å²) in [6.07, 6.45) is -4.61. The minimum absolute atomic E-state index is 0.125. The van der Waals surface area contributed by atoms with Crippen LogP contribution in [0.2, 0.25) is 0 Å². The molecule has 1 heterocycles. The van der Waals surface area contributed by atoms with Crippen LogP contribution in [0.15, 0.2) is 24.3 Å². The number of anilines is 1. The van der Waals surface area contributed by atoms with Crippen LogP contribution in [0.3, 0.4) is 0 Å². The average Bonchev–Trinajstić information content (AvgIpc) is 2.45. The molecule has 2 amide bonds. The number of halogens is 4. The van der Waals surface area contributed by atoms with E-state index in [1.165, 1.54) is 18.2 Å². The zero-order valence-electron chi connectivity index (χ0n) is 11.5. The lowest BCUT2D eigenvalue weighted by Crippen LogP contribution is -2.46. The Balaban J connectivity index is 1.89. The van der Waals surface area contributed by atoms with E-state index in [1.807, 2.05) is 0 Å². The maximum absolute atomic E-state index is 13.0. The molecule has 0 saturated carbocycles. The summed E-state index contributed by atoms with van der Waals surface area (Å²) >= 11 is 0. The molecule has 0 aromatic heterocycles. The van der Waals surface area contributed by atoms with Crippen molar-refractivity contribution in [3.8, 4) is 0 Å². The van der Waals surface area contributed by atoms with Gasteiger partial charge in [0.15, 0.2) is 0 Å². The molecule has 1 saturated heterocycles. The van der Waals surface area contributed by atoms with Crippen LogP contribution in [-0.4, -0.2) is 36.0 Å². The molecule has 2 rings (SSSR count). The van der Waals surface area contributed by atoms with E-state index in [1.54, 1.807) is 0 Å². The number of rotatable bonds is 2. The Morgan fingerprint density at radius 2 is 1.82 bits per heavy atom. The van der Waals surface area contributed by atoms with E-state index in [0.29, 0.717) is 10.6 Å². The minimum atomic E-state index is -4.89. The molecule has 8 heteroatoms. The number of alkyl halides is 3. The van der Waals surface area contributed by atoms with Crippen molar-refractivity contribution in [2.24, 2.45) is 5.92 Å². The van der Waals surface area contributed by atoms with Gasteiger partial charge >= 0.3 is 12.1 Å². The Hall–Kier alpha value is -2.12. The SMILES string of the molecule is O=C(Nc1cccc(F)c1)C1CCN(C(=O)C(F)(F)F)CC1. The molecule has 120 valence electrons. The predicted octanol–water partition coefficient (Wildman–Crippen LogP) is 2.57. The van der Waals surface area contributed by atoms with Gasteiger partial charge in [0.25, 0.3) is 0 Å². The maximum Gasteiger partial charge on any atom is 0.471 e. The number of hydrogen-bond donors (Lipinski definition) is 1. The standard InChI is InChI=1S/C14H14F4N2O2/c15-10-2-1-3-11(8-10)19-12(21)9-4-6-20(7-5-9)13(22)14(16,17)18/h1-3,8-9H,4-7H2,(H,19,21). The third kappa shape index (κ3) is 3.96. The normalized spacial score (nSPS) is 16.5. The van der Waals surface area contributed by atoms with Crippen molar-refractivity contribution in [3.63, 3.8) is 0 Å². The van der Waals surface area contributed by atoms with Crippen LogP contribution in [0.4, 0.5) is 23.2 Å². The molecular weight excluding hydrogens is 304 g/mol. The summed E-state index contributed by atoms with van der Waals surface area (Å²) in [7, 11) is 0. The first-order valence-electron chi connectivity index (χ1n) is 6.70. The molecule has 1 aromatic carbocycles. The zero-order chi connectivity index (χ0) is 16.3. The van der Waals surface area contributed by atoms with Crippen LogP contribution < -0.4 is 5.32 Å². The number of nitrogens with one attached hydrogen (secondary N) is 1. The van der Waals surface area contributed by atoms with E-state index in [9.17, 15) is 27.2 Å². The smallest absolute Gasteiger partial charge is 0.335 e. The fourth-order valence-electron chi connectivity index (χ4n) is 2.33. The molecule has 4 nitrogen and oxygen atoms in total. The number of carbonyl (C=O) groups excluding carboxylic acids is 2. The van der Waals surface area contributed by atoms with Gasteiger partial charge in [0.2, 0.25) is 5.91 Å². The van der Waals surface area contributed by atoms with E-state index in [0.717, 1.165) is 6.07 Å². The van der Waals surface area contributed by atoms with Crippen LogP contribution in [0.1, 0.15) is 12.8 Å². The molecule has 1 aliphatic rings. The van der Waals surface area contributed by atoms with E-state index < -0.39 is 23.8 Å². The van der Waals surface area contributed by atoms with Gasteiger partial charge < -0.3 is 10.2 Å². The molecule has 0 unspecified atom stereocenters. The Labute approximate surface area is 124 Å². The van der Waals surface area contributed by atoms with Crippen LogP contribution in [0.5, 0.6) is 0 Å². The number of hydrogen-bond acceptors (Lipinski definition) is 2. The molecule has 0 atom stereocenters. The minimum Gasteiger partial charge on any atom is -0.335 e. The van der Waals surface area contributed by atoms with Crippen LogP contribution in [-0.2, 0) is 9.59 Å². The van der Waals surface area contributed by atoms with Crippen molar-refractivity contribution >= 4 is 17.5 Å². The maximum atomic E-state index is 13.0. The van der Waals surface area contributed by atoms with Crippen molar-refractivity contribution in [3.05, 3.63) is 30.1 Å². The largest absolute Gasteiger partial charge is 0.471 e. The van der Waals surface area contributed by atoms with Gasteiger partial charge in [-0.1, -0.05) is 6.07 Å². The number of benzene rings is 1. The van der Waals surface area contributed by atoms with Crippen molar-refractivity contribution in [1.29, 1.82) is 0 Å². The summed E-state index contributed by atoms with van der Waals surface area (Å²) in [6, 6.07) is 5.34. The third-order valence-electron chi connectivity index (χ3n) is 3.49. The second kappa shape index (κ2) is 6.33. The summed E-state index contributed by atoms with van der Waals surface area (Å²) in [4.78, 5) is 23.8. The number of carbonyl (C=O) groups is 2. The molecule has 0 bridgehead atoms. The second-order valence-electron chi connectivity index (χ2n) is 5.06. The summed E-state index contributed by atoms with van der Waals surface area (Å²) in [5, 5.41) is 2.52. The highest BCUT2D eigenvalue weighted by molar-refractivity contribution is 5.92. The quantitative estimate of drug-likeness (QED) is 0.852. The van der Waals surface area contributed by atoms with E-state index >= 15 is 0 Å². The average molecular weight is 318 g/mol. The summed E-state index contributed by atoms with van der Waals surface area (Å²) < 4.78 is 49.9. The first kappa shape index (κ1) is 16.3. The number of piperidine rings is 1. The van der Waals surface area contributed by atoms with Crippen molar-refractivity contribution in [2.45, 2.75) is 19.0 Å². The van der Waals surface area contributed by atoms with Crippen molar-refractivity contribution in [1.82, 2.24) is 4.90 Å². The third-order valence-corrected chi connectivity index (χ3v) is 3.49. The Kier molecular flexibility index (Phi) is 4.68. The number of likely N-dealkylation sites (tertiary alicyclic amines) is 1. The molecule has 0 radical (unpaired) electrons. The van der Waals surface area contributed by atoms with E-state index in [-0.39, 0.29) is 31.8 Å². The topological polar surface area (TPSA) is 49.4 Å². The highest BCUT2D eigenvalue weighted by Crippen LogP contribution is 2.24. The molecule has 1 N–H and O–H groups in total. The predicted molar refractivity (Wildman–Crippen MR) is 70.4 cm³/mol. The zero-order valence-corrected chi connectivity index (χ0v) is 11.5. The van der Waals surface area contributed by atoms with Crippen molar-refractivity contribution < 1.29 is 27.2 Å². The first-order chi connectivity index (χ1) is 10.3. The second-order valence-corrected chi connectivity index (χ2v) is 5.06.